The Hall–Kier alpha value is -2.47. The Bertz CT molecular complexity index is 790. The summed E-state index contributed by atoms with van der Waals surface area (Å²) in [5, 5.41) is 0. The normalized spacial score (nSPS) is 17.1. The second-order valence-corrected chi connectivity index (χ2v) is 7.70. The molecule has 0 unspecified atom stereocenters. The summed E-state index contributed by atoms with van der Waals surface area (Å²) in [4.78, 5) is 16.4. The topological polar surface area (TPSA) is 32.8 Å². The number of ether oxygens (including phenoxy) is 1. The summed E-state index contributed by atoms with van der Waals surface area (Å²) < 4.78 is 29.4. The van der Waals surface area contributed by atoms with E-state index < -0.39 is 11.6 Å². The van der Waals surface area contributed by atoms with Crippen molar-refractivity contribution in [3.8, 4) is 0 Å². The molecule has 0 aromatic heterocycles. The van der Waals surface area contributed by atoms with Gasteiger partial charge in [0.25, 0.3) is 0 Å². The first kappa shape index (κ1) is 21.2. The maximum Gasteiger partial charge on any atom is 0.410 e. The Morgan fingerprint density at radius 1 is 1.00 bits per heavy atom. The number of carbonyl (C=O) groups excluding carboxylic acids is 1. The number of likely N-dealkylation sites (tertiary alicyclic amines) is 1. The molecular formula is C23H28F2N2O2. The first-order valence-corrected chi connectivity index (χ1v) is 10.1. The van der Waals surface area contributed by atoms with E-state index in [4.69, 9.17) is 4.74 Å². The number of rotatable bonds is 2. The molecule has 156 valence electrons. The van der Waals surface area contributed by atoms with Crippen LogP contribution in [0.25, 0.3) is 0 Å². The van der Waals surface area contributed by atoms with Crippen LogP contribution in [0.2, 0.25) is 0 Å². The molecule has 2 heterocycles. The molecule has 1 amide bonds. The van der Waals surface area contributed by atoms with Crippen molar-refractivity contribution >= 4 is 6.09 Å². The average molecular weight is 402 g/mol. The highest BCUT2D eigenvalue weighted by Crippen LogP contribution is 2.20. The molecule has 4 rings (SSSR count). The molecule has 0 radical (unpaired) electrons. The zero-order valence-electron chi connectivity index (χ0n) is 16.8. The van der Waals surface area contributed by atoms with Crippen LogP contribution in [0.1, 0.15) is 24.0 Å². The van der Waals surface area contributed by atoms with E-state index in [9.17, 15) is 13.6 Å². The van der Waals surface area contributed by atoms with Gasteiger partial charge >= 0.3 is 6.09 Å². The van der Waals surface area contributed by atoms with Gasteiger partial charge in [0.1, 0.15) is 11.6 Å². The third-order valence-electron chi connectivity index (χ3n) is 5.46. The number of halogens is 2. The standard InChI is InChI=1S/C17H24N2O2.C6H4F2/c1-18-9-6-14(7-10-18)13-21-17(20)19-11-8-15-4-2-3-5-16(15)12-19;7-5-2-1-3-6(8)4-5/h2-5,14H,6-13H2,1H3;1-4H. The summed E-state index contributed by atoms with van der Waals surface area (Å²) in [7, 11) is 2.15. The lowest BCUT2D eigenvalue weighted by molar-refractivity contribution is 0.0697. The Kier molecular flexibility index (Phi) is 7.58. The van der Waals surface area contributed by atoms with Crippen molar-refractivity contribution in [2.45, 2.75) is 25.8 Å². The smallest absolute Gasteiger partial charge is 0.410 e. The predicted molar refractivity (Wildman–Crippen MR) is 108 cm³/mol. The Balaban J connectivity index is 0.000000252. The van der Waals surface area contributed by atoms with Crippen LogP contribution in [0.15, 0.2) is 48.5 Å². The van der Waals surface area contributed by atoms with Crippen LogP contribution in [0.3, 0.4) is 0 Å². The lowest BCUT2D eigenvalue weighted by Crippen LogP contribution is -2.38. The quantitative estimate of drug-likeness (QED) is 0.742. The van der Waals surface area contributed by atoms with E-state index in [1.54, 1.807) is 0 Å². The minimum atomic E-state index is -0.537. The SMILES string of the molecule is CN1CCC(COC(=O)N2CCc3ccccc3C2)CC1.Fc1cccc(F)c1. The molecule has 1 saturated heterocycles. The van der Waals surface area contributed by atoms with Crippen molar-refractivity contribution in [2.24, 2.45) is 5.92 Å². The van der Waals surface area contributed by atoms with Crippen molar-refractivity contribution in [1.29, 1.82) is 0 Å². The number of piperidine rings is 1. The van der Waals surface area contributed by atoms with Gasteiger partial charge in [0.2, 0.25) is 0 Å². The van der Waals surface area contributed by atoms with Crippen molar-refractivity contribution in [3.63, 3.8) is 0 Å². The molecule has 6 heteroatoms. The van der Waals surface area contributed by atoms with Crippen LogP contribution in [0.5, 0.6) is 0 Å². The Morgan fingerprint density at radius 3 is 2.28 bits per heavy atom. The molecular weight excluding hydrogens is 374 g/mol. The molecule has 0 atom stereocenters. The molecule has 2 aromatic carbocycles. The number of nitrogens with zero attached hydrogens (tertiary/aromatic N) is 2. The average Bonchev–Trinajstić information content (AvgIpc) is 2.73. The van der Waals surface area contributed by atoms with E-state index >= 15 is 0 Å². The summed E-state index contributed by atoms with van der Waals surface area (Å²) in [5.41, 5.74) is 2.61. The molecule has 0 saturated carbocycles. The van der Waals surface area contributed by atoms with Gasteiger partial charge in [-0.15, -0.1) is 0 Å². The van der Waals surface area contributed by atoms with Gasteiger partial charge in [0, 0.05) is 19.2 Å². The summed E-state index contributed by atoms with van der Waals surface area (Å²) in [5.74, 6) is -0.544. The molecule has 0 spiro atoms. The van der Waals surface area contributed by atoms with Crippen molar-refractivity contribution in [3.05, 3.63) is 71.3 Å². The van der Waals surface area contributed by atoms with E-state index in [0.717, 1.165) is 45.0 Å². The fourth-order valence-corrected chi connectivity index (χ4v) is 3.62. The zero-order chi connectivity index (χ0) is 20.6. The summed E-state index contributed by atoms with van der Waals surface area (Å²) in [6, 6.07) is 12.9. The minimum Gasteiger partial charge on any atom is -0.449 e. The third kappa shape index (κ3) is 6.53. The molecule has 2 aliphatic rings. The number of carbonyl (C=O) groups is 1. The van der Waals surface area contributed by atoms with Crippen LogP contribution >= 0.6 is 0 Å². The third-order valence-corrected chi connectivity index (χ3v) is 5.46. The summed E-state index contributed by atoms with van der Waals surface area (Å²) in [6.07, 6.45) is 3.04. The maximum atomic E-state index is 12.2. The molecule has 1 fully saturated rings. The molecule has 2 aromatic rings. The van der Waals surface area contributed by atoms with Crippen molar-refractivity contribution in [2.75, 3.05) is 33.3 Å². The molecule has 0 N–H and O–H groups in total. The fraction of sp³-hybridized carbons (Fsp3) is 0.435. The number of hydrogen-bond donors (Lipinski definition) is 0. The molecule has 0 bridgehead atoms. The van der Waals surface area contributed by atoms with Crippen molar-refractivity contribution in [1.82, 2.24) is 9.80 Å². The van der Waals surface area contributed by atoms with Gasteiger partial charge in [0.15, 0.2) is 0 Å². The van der Waals surface area contributed by atoms with Crippen LogP contribution < -0.4 is 0 Å². The predicted octanol–water partition coefficient (Wildman–Crippen LogP) is 4.49. The first-order valence-electron chi connectivity index (χ1n) is 10.1. The van der Waals surface area contributed by atoms with Crippen LogP contribution in [0.4, 0.5) is 13.6 Å². The molecule has 4 nitrogen and oxygen atoms in total. The van der Waals surface area contributed by atoms with Gasteiger partial charge in [-0.25, -0.2) is 13.6 Å². The summed E-state index contributed by atoms with van der Waals surface area (Å²) in [6.45, 7) is 4.25. The first-order chi connectivity index (χ1) is 14.0. The zero-order valence-corrected chi connectivity index (χ0v) is 16.8. The largest absolute Gasteiger partial charge is 0.449 e. The van der Waals surface area contributed by atoms with Gasteiger partial charge in [-0.2, -0.15) is 0 Å². The highest BCUT2D eigenvalue weighted by Gasteiger charge is 2.23. The second-order valence-electron chi connectivity index (χ2n) is 7.70. The monoisotopic (exact) mass is 402 g/mol. The van der Waals surface area contributed by atoms with Crippen LogP contribution in [-0.2, 0) is 17.7 Å². The molecule has 0 aliphatic carbocycles. The highest BCUT2D eigenvalue weighted by atomic mass is 19.1. The van der Waals surface area contributed by atoms with E-state index in [1.807, 2.05) is 11.0 Å². The van der Waals surface area contributed by atoms with Gasteiger partial charge in [0.05, 0.1) is 6.61 Å². The highest BCUT2D eigenvalue weighted by molar-refractivity contribution is 5.68. The molecule has 29 heavy (non-hydrogen) atoms. The van der Waals surface area contributed by atoms with E-state index in [1.165, 1.54) is 29.3 Å². The van der Waals surface area contributed by atoms with Crippen molar-refractivity contribution < 1.29 is 18.3 Å². The maximum absolute atomic E-state index is 12.2. The summed E-state index contributed by atoms with van der Waals surface area (Å²) >= 11 is 0. The van der Waals surface area contributed by atoms with E-state index in [0.29, 0.717) is 19.1 Å². The van der Waals surface area contributed by atoms with Crippen LogP contribution in [0, 0.1) is 17.6 Å². The Morgan fingerprint density at radius 2 is 1.66 bits per heavy atom. The number of hydrogen-bond acceptors (Lipinski definition) is 3. The Labute approximate surface area is 171 Å². The lowest BCUT2D eigenvalue weighted by Gasteiger charge is -2.31. The van der Waals surface area contributed by atoms with Gasteiger partial charge in [-0.3, -0.25) is 0 Å². The second kappa shape index (κ2) is 10.3. The number of amides is 1. The minimum absolute atomic E-state index is 0.150. The number of benzene rings is 2. The molecule has 2 aliphatic heterocycles. The van der Waals surface area contributed by atoms with E-state index in [-0.39, 0.29) is 6.09 Å². The fourth-order valence-electron chi connectivity index (χ4n) is 3.62. The van der Waals surface area contributed by atoms with Gasteiger partial charge in [-0.1, -0.05) is 30.3 Å². The van der Waals surface area contributed by atoms with Gasteiger partial charge in [-0.05, 0) is 68.6 Å². The van der Waals surface area contributed by atoms with Gasteiger partial charge < -0.3 is 14.5 Å². The number of fused-ring (bicyclic) bond motifs is 1. The van der Waals surface area contributed by atoms with Crippen LogP contribution in [-0.4, -0.2) is 49.2 Å². The lowest BCUT2D eigenvalue weighted by atomic mass is 9.98. The van der Waals surface area contributed by atoms with E-state index in [2.05, 4.69) is 30.1 Å².